The fourth-order valence-electron chi connectivity index (χ4n) is 3.99. The fourth-order valence-corrected chi connectivity index (χ4v) is 5.60. The monoisotopic (exact) mass is 598 g/mol. The van der Waals surface area contributed by atoms with Gasteiger partial charge in [-0.2, -0.15) is 26.3 Å². The van der Waals surface area contributed by atoms with E-state index in [4.69, 9.17) is 34.0 Å². The molecule has 1 unspecified atom stereocenters. The predicted molar refractivity (Wildman–Crippen MR) is 128 cm³/mol. The van der Waals surface area contributed by atoms with Crippen molar-refractivity contribution in [3.05, 3.63) is 53.9 Å². The zero-order valence-corrected chi connectivity index (χ0v) is 21.4. The van der Waals surface area contributed by atoms with Crippen LogP contribution >= 0.6 is 11.8 Å². The average molecular weight is 599 g/mol. The number of hydrogen-bond acceptors (Lipinski definition) is 8. The van der Waals surface area contributed by atoms with Gasteiger partial charge in [0.25, 0.3) is 0 Å². The molecule has 0 bridgehead atoms. The molecule has 0 radical (unpaired) electrons. The molecule has 0 amide bonds. The summed E-state index contributed by atoms with van der Waals surface area (Å²) in [6.07, 6.45) is -6.86. The van der Waals surface area contributed by atoms with Crippen LogP contribution in [0.4, 0.5) is 26.3 Å². The molecule has 3 aliphatic heterocycles. The number of thioether (sulfide) groups is 1. The fraction of sp³-hybridized carbons (Fsp3) is 0.458. The van der Waals surface area contributed by atoms with Crippen molar-refractivity contribution in [1.82, 2.24) is 9.88 Å². The van der Waals surface area contributed by atoms with Crippen LogP contribution in [-0.4, -0.2) is 80.9 Å². The van der Waals surface area contributed by atoms with Gasteiger partial charge in [-0.3, -0.25) is 9.88 Å². The maximum Gasteiger partial charge on any atom is 0.490 e. The molecule has 5 rings (SSSR count). The van der Waals surface area contributed by atoms with E-state index < -0.39 is 24.3 Å². The number of fused-ring (bicyclic) bond motifs is 1. The maximum atomic E-state index is 10.6. The summed E-state index contributed by atoms with van der Waals surface area (Å²) in [6, 6.07) is 12.2. The van der Waals surface area contributed by atoms with E-state index in [-0.39, 0.29) is 0 Å². The average Bonchev–Trinajstić information content (AvgIpc) is 3.50. The molecule has 0 saturated carbocycles. The highest BCUT2D eigenvalue weighted by Crippen LogP contribution is 2.46. The molecule has 1 atom stereocenters. The Bertz CT molecular complexity index is 1140. The van der Waals surface area contributed by atoms with E-state index in [1.54, 1.807) is 0 Å². The lowest BCUT2D eigenvalue weighted by atomic mass is 9.92. The van der Waals surface area contributed by atoms with Gasteiger partial charge in [-0.1, -0.05) is 12.1 Å². The van der Waals surface area contributed by atoms with Gasteiger partial charge in [0, 0.05) is 36.3 Å². The molecule has 1 aromatic heterocycles. The first kappa shape index (κ1) is 31.3. The predicted octanol–water partition coefficient (Wildman–Crippen LogP) is 4.35. The topological polar surface area (TPSA) is 118 Å². The molecular weight excluding hydrogens is 574 g/mol. The maximum absolute atomic E-state index is 10.6. The van der Waals surface area contributed by atoms with Crippen molar-refractivity contribution in [2.45, 2.75) is 42.8 Å². The number of likely N-dealkylation sites (tertiary alicyclic amines) is 1. The summed E-state index contributed by atoms with van der Waals surface area (Å²) in [5.74, 6) is -2.70. The first-order valence-electron chi connectivity index (χ1n) is 11.5. The molecule has 4 heterocycles. The minimum absolute atomic E-state index is 0.335. The number of rotatable bonds is 5. The van der Waals surface area contributed by atoms with Gasteiger partial charge >= 0.3 is 24.3 Å². The first-order valence-corrected chi connectivity index (χ1v) is 12.5. The molecule has 2 saturated heterocycles. The Labute approximate surface area is 228 Å². The molecule has 9 nitrogen and oxygen atoms in total. The lowest BCUT2D eigenvalue weighted by Crippen LogP contribution is -2.58. The van der Waals surface area contributed by atoms with E-state index in [1.807, 2.05) is 30.5 Å². The molecule has 2 fully saturated rings. The van der Waals surface area contributed by atoms with Gasteiger partial charge in [-0.05, 0) is 36.2 Å². The lowest BCUT2D eigenvalue weighted by molar-refractivity contribution is -0.193. The number of hydrogen-bond donors (Lipinski definition) is 2. The second-order valence-electron chi connectivity index (χ2n) is 8.89. The Hall–Kier alpha value is -3.24. The third-order valence-corrected chi connectivity index (χ3v) is 7.30. The number of alkyl halides is 6. The van der Waals surface area contributed by atoms with Crippen LogP contribution in [0.2, 0.25) is 0 Å². The Kier molecular flexibility index (Phi) is 10.1. The van der Waals surface area contributed by atoms with Crippen LogP contribution in [-0.2, 0) is 27.5 Å². The Morgan fingerprint density at radius 3 is 2.23 bits per heavy atom. The van der Waals surface area contributed by atoms with E-state index in [1.165, 1.54) is 5.56 Å². The summed E-state index contributed by atoms with van der Waals surface area (Å²) < 4.78 is 80.8. The normalized spacial score (nSPS) is 19.1. The Morgan fingerprint density at radius 1 is 1.02 bits per heavy atom. The van der Waals surface area contributed by atoms with Gasteiger partial charge < -0.3 is 24.4 Å². The zero-order chi connectivity index (χ0) is 29.6. The van der Waals surface area contributed by atoms with Gasteiger partial charge in [-0.25, -0.2) is 9.59 Å². The van der Waals surface area contributed by atoms with Crippen LogP contribution in [0, 0.1) is 0 Å². The van der Waals surface area contributed by atoms with Crippen LogP contribution in [0.25, 0.3) is 0 Å². The van der Waals surface area contributed by atoms with Gasteiger partial charge in [0.15, 0.2) is 11.5 Å². The molecule has 0 aliphatic carbocycles. The number of aliphatic carboxylic acids is 2. The third kappa shape index (κ3) is 9.16. The van der Waals surface area contributed by atoms with Crippen molar-refractivity contribution in [2.75, 3.05) is 25.6 Å². The van der Waals surface area contributed by atoms with E-state index >= 15 is 0 Å². The number of carboxylic acid groups (broad SMARTS) is 2. The van der Waals surface area contributed by atoms with E-state index in [9.17, 15) is 26.3 Å². The number of pyridine rings is 1. The van der Waals surface area contributed by atoms with Crippen molar-refractivity contribution in [2.24, 2.45) is 0 Å². The number of benzene rings is 1. The Morgan fingerprint density at radius 2 is 1.65 bits per heavy atom. The molecule has 3 aliphatic rings. The largest absolute Gasteiger partial charge is 0.490 e. The molecule has 220 valence electrons. The number of carboxylic acids is 2. The van der Waals surface area contributed by atoms with E-state index in [0.717, 1.165) is 49.0 Å². The summed E-state index contributed by atoms with van der Waals surface area (Å²) in [7, 11) is 0. The highest BCUT2D eigenvalue weighted by Gasteiger charge is 2.49. The van der Waals surface area contributed by atoms with Crippen molar-refractivity contribution in [3.63, 3.8) is 0 Å². The third-order valence-electron chi connectivity index (χ3n) is 5.72. The smallest absolute Gasteiger partial charge is 0.475 e. The number of aromatic nitrogens is 1. The number of nitrogens with zero attached hydrogens (tertiary/aromatic N) is 2. The van der Waals surface area contributed by atoms with Gasteiger partial charge in [-0.15, -0.1) is 11.8 Å². The molecule has 2 aromatic rings. The molecular formula is C24H24F6N2O7S. The summed E-state index contributed by atoms with van der Waals surface area (Å²) in [6.45, 7) is 4.19. The lowest BCUT2D eigenvalue weighted by Gasteiger charge is -2.47. The second kappa shape index (κ2) is 13.0. The SMILES string of the molecule is O=C(O)C(F)(F)F.O=C(O)C(F)(F)F.c1ccc(COC2CSC3(C2)CN(Cc2ccc4c(c2)OCO4)C3)nc1. The van der Waals surface area contributed by atoms with Crippen LogP contribution in [0.15, 0.2) is 42.6 Å². The first-order chi connectivity index (χ1) is 18.7. The second-order valence-corrected chi connectivity index (χ2v) is 10.4. The number of carbonyl (C=O) groups is 2. The zero-order valence-electron chi connectivity index (χ0n) is 20.6. The van der Waals surface area contributed by atoms with Crippen molar-refractivity contribution in [1.29, 1.82) is 0 Å². The number of ether oxygens (including phenoxy) is 3. The van der Waals surface area contributed by atoms with Gasteiger partial charge in [0.2, 0.25) is 6.79 Å². The quantitative estimate of drug-likeness (QED) is 0.481. The van der Waals surface area contributed by atoms with Crippen LogP contribution in [0.1, 0.15) is 17.7 Å². The molecule has 2 N–H and O–H groups in total. The van der Waals surface area contributed by atoms with Gasteiger partial charge in [0.1, 0.15) is 0 Å². The summed E-state index contributed by atoms with van der Waals surface area (Å²) in [5.41, 5.74) is 2.30. The minimum atomic E-state index is -5.08. The van der Waals surface area contributed by atoms with Crippen molar-refractivity contribution < 1.29 is 60.4 Å². The molecule has 1 spiro atoms. The van der Waals surface area contributed by atoms with Crippen LogP contribution in [0.3, 0.4) is 0 Å². The van der Waals surface area contributed by atoms with E-state index in [0.29, 0.717) is 24.3 Å². The standard InChI is InChI=1S/C20H22N2O3S.2C2HF3O2/c1-2-6-21-16(3-1)10-23-17-8-20(26-11-17)12-22(13-20)9-15-4-5-18-19(7-15)25-14-24-18;2*3-2(4,5)1(6)7/h1-7,17H,8-14H2;2*(H,6,7). The highest BCUT2D eigenvalue weighted by atomic mass is 32.2. The van der Waals surface area contributed by atoms with Gasteiger partial charge in [0.05, 0.1) is 18.4 Å². The van der Waals surface area contributed by atoms with Crippen molar-refractivity contribution in [3.8, 4) is 11.5 Å². The number of halogens is 6. The minimum Gasteiger partial charge on any atom is -0.475 e. The Balaban J connectivity index is 0.000000263. The van der Waals surface area contributed by atoms with Crippen LogP contribution < -0.4 is 9.47 Å². The highest BCUT2D eigenvalue weighted by molar-refractivity contribution is 8.01. The van der Waals surface area contributed by atoms with Crippen LogP contribution in [0.5, 0.6) is 11.5 Å². The summed E-state index contributed by atoms with van der Waals surface area (Å²) >= 11 is 2.08. The van der Waals surface area contributed by atoms with E-state index in [2.05, 4.69) is 33.8 Å². The molecule has 1 aromatic carbocycles. The summed E-state index contributed by atoms with van der Waals surface area (Å²) in [4.78, 5) is 24.6. The summed E-state index contributed by atoms with van der Waals surface area (Å²) in [5, 5.41) is 14.2. The van der Waals surface area contributed by atoms with Crippen molar-refractivity contribution >= 4 is 23.7 Å². The molecule has 16 heteroatoms. The molecule has 40 heavy (non-hydrogen) atoms.